The largest absolute Gasteiger partial charge is 0.480 e. The van der Waals surface area contributed by atoms with Crippen molar-refractivity contribution in [3.8, 4) is 0 Å². The molecule has 114 valence electrons. The molecule has 1 aromatic rings. The van der Waals surface area contributed by atoms with Crippen LogP contribution in [0.3, 0.4) is 0 Å². The number of benzene rings is 1. The van der Waals surface area contributed by atoms with Crippen molar-refractivity contribution in [1.29, 1.82) is 0 Å². The molecule has 0 unspecified atom stereocenters. The first-order valence-electron chi connectivity index (χ1n) is 6.93. The van der Waals surface area contributed by atoms with Crippen LogP contribution in [0.15, 0.2) is 18.2 Å². The van der Waals surface area contributed by atoms with E-state index in [0.29, 0.717) is 0 Å². The Balaban J connectivity index is 2.16. The van der Waals surface area contributed by atoms with Crippen LogP contribution in [0.25, 0.3) is 0 Å². The molecule has 4 nitrogen and oxygen atoms in total. The fourth-order valence-electron chi connectivity index (χ4n) is 2.74. The summed E-state index contributed by atoms with van der Waals surface area (Å²) in [5.74, 6) is -2.00. The van der Waals surface area contributed by atoms with E-state index in [2.05, 4.69) is 0 Å². The average molecular weight is 314 g/mol. The van der Waals surface area contributed by atoms with Crippen LogP contribution in [-0.4, -0.2) is 34.5 Å². The zero-order chi connectivity index (χ0) is 15.4. The summed E-state index contributed by atoms with van der Waals surface area (Å²) in [6.45, 7) is -0.352. The maximum Gasteiger partial charge on any atom is 0.323 e. The van der Waals surface area contributed by atoms with Crippen molar-refractivity contribution in [2.45, 2.75) is 38.1 Å². The number of carbonyl (C=O) groups excluding carboxylic acids is 1. The quantitative estimate of drug-likeness (QED) is 0.909. The fourth-order valence-corrected chi connectivity index (χ4v) is 2.97. The molecule has 6 heteroatoms. The zero-order valence-corrected chi connectivity index (χ0v) is 12.3. The predicted molar refractivity (Wildman–Crippen MR) is 76.7 cm³/mol. The van der Waals surface area contributed by atoms with Crippen LogP contribution in [0.1, 0.15) is 31.2 Å². The van der Waals surface area contributed by atoms with Gasteiger partial charge in [-0.15, -0.1) is 0 Å². The molecule has 2 rings (SSSR count). The molecule has 0 aliphatic heterocycles. The molecule has 1 fully saturated rings. The Morgan fingerprint density at radius 3 is 2.57 bits per heavy atom. The summed E-state index contributed by atoms with van der Waals surface area (Å²) < 4.78 is 13.7. The van der Waals surface area contributed by atoms with Crippen LogP contribution in [0.4, 0.5) is 4.39 Å². The van der Waals surface area contributed by atoms with Crippen LogP contribution in [-0.2, 0) is 16.0 Å². The molecule has 1 N–H and O–H groups in total. The number of carboxylic acids is 1. The lowest BCUT2D eigenvalue weighted by molar-refractivity contribution is -0.145. The second-order valence-electron chi connectivity index (χ2n) is 5.23. The zero-order valence-electron chi connectivity index (χ0n) is 11.5. The highest BCUT2D eigenvalue weighted by atomic mass is 35.5. The minimum atomic E-state index is -1.06. The van der Waals surface area contributed by atoms with E-state index in [0.717, 1.165) is 25.7 Å². The number of carbonyl (C=O) groups is 2. The Morgan fingerprint density at radius 2 is 2.00 bits per heavy atom. The molecule has 0 bridgehead atoms. The summed E-state index contributed by atoms with van der Waals surface area (Å²) in [4.78, 5) is 24.7. The van der Waals surface area contributed by atoms with Gasteiger partial charge in [-0.05, 0) is 25.0 Å². The summed E-state index contributed by atoms with van der Waals surface area (Å²) in [6.07, 6.45) is 3.34. The van der Waals surface area contributed by atoms with Crippen molar-refractivity contribution >= 4 is 23.5 Å². The summed E-state index contributed by atoms with van der Waals surface area (Å²) in [5, 5.41) is 9.16. The van der Waals surface area contributed by atoms with Gasteiger partial charge in [0.1, 0.15) is 12.4 Å². The van der Waals surface area contributed by atoms with Gasteiger partial charge in [-0.2, -0.15) is 0 Å². The number of carboxylic acid groups (broad SMARTS) is 1. The van der Waals surface area contributed by atoms with E-state index < -0.39 is 17.7 Å². The highest BCUT2D eigenvalue weighted by Gasteiger charge is 2.29. The lowest BCUT2D eigenvalue weighted by Gasteiger charge is -2.27. The van der Waals surface area contributed by atoms with Gasteiger partial charge in [-0.3, -0.25) is 9.59 Å². The van der Waals surface area contributed by atoms with Crippen molar-refractivity contribution in [3.63, 3.8) is 0 Å². The van der Waals surface area contributed by atoms with E-state index in [1.54, 1.807) is 0 Å². The Bertz CT molecular complexity index is 523. The van der Waals surface area contributed by atoms with Gasteiger partial charge in [0, 0.05) is 16.6 Å². The highest BCUT2D eigenvalue weighted by Crippen LogP contribution is 2.25. The van der Waals surface area contributed by atoms with Crippen molar-refractivity contribution in [2.75, 3.05) is 6.54 Å². The van der Waals surface area contributed by atoms with Gasteiger partial charge in [-0.1, -0.05) is 30.5 Å². The molecule has 0 radical (unpaired) electrons. The summed E-state index contributed by atoms with van der Waals surface area (Å²) >= 11 is 5.92. The smallest absolute Gasteiger partial charge is 0.323 e. The average Bonchev–Trinajstić information content (AvgIpc) is 2.93. The van der Waals surface area contributed by atoms with E-state index in [1.165, 1.54) is 23.1 Å². The SMILES string of the molecule is O=C(O)CN(C(=O)Cc1c(F)cccc1Cl)C1CCCC1. The number of nitrogens with zero attached hydrogens (tertiary/aromatic N) is 1. The van der Waals surface area contributed by atoms with E-state index in [1.807, 2.05) is 0 Å². The standard InChI is InChI=1S/C15H17ClFNO3/c16-12-6-3-7-13(17)11(12)8-14(19)18(9-15(20)21)10-4-1-2-5-10/h3,6-7,10H,1-2,4-5,8-9H2,(H,20,21). The molecule has 1 aromatic carbocycles. The first kappa shape index (κ1) is 15.8. The number of amides is 1. The lowest BCUT2D eigenvalue weighted by Crippen LogP contribution is -2.43. The number of rotatable bonds is 5. The van der Waals surface area contributed by atoms with Gasteiger partial charge < -0.3 is 10.0 Å². The minimum absolute atomic E-state index is 0.0702. The third kappa shape index (κ3) is 3.94. The van der Waals surface area contributed by atoms with Crippen LogP contribution in [0.2, 0.25) is 5.02 Å². The molecular formula is C15H17ClFNO3. The van der Waals surface area contributed by atoms with E-state index in [-0.39, 0.29) is 29.6 Å². The predicted octanol–water partition coefficient (Wildman–Crippen LogP) is 2.88. The fraction of sp³-hybridized carbons (Fsp3) is 0.467. The molecule has 1 aliphatic rings. The number of hydrogen-bond acceptors (Lipinski definition) is 2. The molecule has 1 aliphatic carbocycles. The molecule has 0 atom stereocenters. The van der Waals surface area contributed by atoms with Crippen LogP contribution >= 0.6 is 11.6 Å². The normalized spacial score (nSPS) is 15.1. The maximum atomic E-state index is 13.7. The van der Waals surface area contributed by atoms with Gasteiger partial charge in [0.25, 0.3) is 0 Å². The second-order valence-corrected chi connectivity index (χ2v) is 5.64. The Kier molecular flexibility index (Phi) is 5.17. The monoisotopic (exact) mass is 313 g/mol. The third-order valence-electron chi connectivity index (χ3n) is 3.78. The summed E-state index contributed by atoms with van der Waals surface area (Å²) in [6, 6.07) is 4.16. The number of halogens is 2. The number of aliphatic carboxylic acids is 1. The van der Waals surface area contributed by atoms with Gasteiger partial charge in [-0.25, -0.2) is 4.39 Å². The molecule has 0 saturated heterocycles. The molecule has 0 aromatic heterocycles. The first-order valence-corrected chi connectivity index (χ1v) is 7.31. The van der Waals surface area contributed by atoms with E-state index in [4.69, 9.17) is 16.7 Å². The second kappa shape index (κ2) is 6.89. The summed E-state index contributed by atoms with van der Waals surface area (Å²) in [5.41, 5.74) is 0.123. The van der Waals surface area contributed by atoms with E-state index in [9.17, 15) is 14.0 Å². The van der Waals surface area contributed by atoms with Gasteiger partial charge in [0.05, 0.1) is 6.42 Å². The van der Waals surface area contributed by atoms with Crippen LogP contribution < -0.4 is 0 Å². The van der Waals surface area contributed by atoms with Crippen molar-refractivity contribution < 1.29 is 19.1 Å². The van der Waals surface area contributed by atoms with E-state index >= 15 is 0 Å². The Hall–Kier alpha value is -1.62. The molecule has 1 saturated carbocycles. The molecule has 0 heterocycles. The van der Waals surface area contributed by atoms with Gasteiger partial charge in [0.2, 0.25) is 5.91 Å². The molecule has 1 amide bonds. The van der Waals surface area contributed by atoms with Crippen LogP contribution in [0.5, 0.6) is 0 Å². The maximum absolute atomic E-state index is 13.7. The molecular weight excluding hydrogens is 297 g/mol. The molecule has 21 heavy (non-hydrogen) atoms. The Labute approximate surface area is 127 Å². The third-order valence-corrected chi connectivity index (χ3v) is 4.14. The first-order chi connectivity index (χ1) is 9.99. The van der Waals surface area contributed by atoms with Crippen molar-refractivity contribution in [2.24, 2.45) is 0 Å². The van der Waals surface area contributed by atoms with Gasteiger partial charge in [0.15, 0.2) is 0 Å². The molecule has 0 spiro atoms. The Morgan fingerprint density at radius 1 is 1.33 bits per heavy atom. The van der Waals surface area contributed by atoms with Crippen molar-refractivity contribution in [1.82, 2.24) is 4.90 Å². The van der Waals surface area contributed by atoms with Gasteiger partial charge >= 0.3 is 5.97 Å². The van der Waals surface area contributed by atoms with Crippen molar-refractivity contribution in [3.05, 3.63) is 34.6 Å². The highest BCUT2D eigenvalue weighted by molar-refractivity contribution is 6.31. The minimum Gasteiger partial charge on any atom is -0.480 e. The topological polar surface area (TPSA) is 57.6 Å². The summed E-state index contributed by atoms with van der Waals surface area (Å²) in [7, 11) is 0. The van der Waals surface area contributed by atoms with Crippen LogP contribution in [0, 0.1) is 5.82 Å². The number of hydrogen-bond donors (Lipinski definition) is 1. The lowest BCUT2D eigenvalue weighted by atomic mass is 10.1.